The number of carbonyl (C=O) groups is 1. The number of aromatic nitrogens is 2. The Morgan fingerprint density at radius 2 is 2.08 bits per heavy atom. The van der Waals surface area contributed by atoms with Crippen LogP contribution in [0.2, 0.25) is 0 Å². The second-order valence-electron chi connectivity index (χ2n) is 5.26. The van der Waals surface area contributed by atoms with Crippen LogP contribution in [0.5, 0.6) is 5.75 Å². The van der Waals surface area contributed by atoms with Crippen LogP contribution in [0.1, 0.15) is 30.8 Å². The first kappa shape index (κ1) is 18.3. The predicted octanol–water partition coefficient (Wildman–Crippen LogP) is 3.25. The van der Waals surface area contributed by atoms with Crippen molar-refractivity contribution in [1.29, 1.82) is 0 Å². The number of benzene rings is 1. The maximum Gasteiger partial charge on any atom is 0.296 e. The molecular formula is C15H16F2N4O4. The van der Waals surface area contributed by atoms with E-state index in [1.54, 1.807) is 6.92 Å². The fraction of sp³-hybridized carbons (Fsp3) is 0.333. The number of nitrogens with one attached hydrogen (secondary N) is 1. The van der Waals surface area contributed by atoms with Crippen LogP contribution in [0.25, 0.3) is 0 Å². The van der Waals surface area contributed by atoms with Gasteiger partial charge in [0.15, 0.2) is 0 Å². The van der Waals surface area contributed by atoms with Crippen LogP contribution in [0, 0.1) is 17.0 Å². The molecular weight excluding hydrogens is 338 g/mol. The van der Waals surface area contributed by atoms with Crippen LogP contribution in [0.3, 0.4) is 0 Å². The minimum atomic E-state index is -2.75. The van der Waals surface area contributed by atoms with Gasteiger partial charge in [-0.25, -0.2) is 8.78 Å². The zero-order valence-electron chi connectivity index (χ0n) is 13.7. The molecule has 1 amide bonds. The van der Waals surface area contributed by atoms with Crippen molar-refractivity contribution in [2.75, 3.05) is 12.4 Å². The van der Waals surface area contributed by atoms with E-state index < -0.39 is 29.0 Å². The number of hydrogen-bond donors (Lipinski definition) is 1. The molecule has 1 atom stereocenters. The lowest BCUT2D eigenvalue weighted by Crippen LogP contribution is -2.25. The average Bonchev–Trinajstić information content (AvgIpc) is 2.96. The highest BCUT2D eigenvalue weighted by Crippen LogP contribution is 2.30. The molecule has 1 heterocycles. The summed E-state index contributed by atoms with van der Waals surface area (Å²) in [7, 11) is 1.36. The molecule has 2 rings (SSSR count). The SMILES string of the molecule is COc1ccc(NC(=O)C(C)n2nc(C(F)F)cc2C)c([N+](=O)[O-])c1. The molecule has 2 aromatic rings. The van der Waals surface area contributed by atoms with Gasteiger partial charge in [0.05, 0.1) is 18.1 Å². The summed E-state index contributed by atoms with van der Waals surface area (Å²) in [5.74, 6) is -0.359. The van der Waals surface area contributed by atoms with Crippen LogP contribution in [0.4, 0.5) is 20.2 Å². The van der Waals surface area contributed by atoms with Gasteiger partial charge >= 0.3 is 0 Å². The number of carbonyl (C=O) groups excluding carboxylic acids is 1. The fourth-order valence-electron chi connectivity index (χ4n) is 2.25. The summed E-state index contributed by atoms with van der Waals surface area (Å²) in [4.78, 5) is 22.8. The lowest BCUT2D eigenvalue weighted by Gasteiger charge is -2.15. The molecule has 1 aromatic carbocycles. The quantitative estimate of drug-likeness (QED) is 0.634. The normalized spacial score (nSPS) is 12.1. The van der Waals surface area contributed by atoms with E-state index in [1.807, 2.05) is 0 Å². The van der Waals surface area contributed by atoms with Gasteiger partial charge in [-0.05, 0) is 32.0 Å². The first-order chi connectivity index (χ1) is 11.7. The Morgan fingerprint density at radius 3 is 2.60 bits per heavy atom. The van der Waals surface area contributed by atoms with Crippen molar-refractivity contribution < 1.29 is 23.2 Å². The van der Waals surface area contributed by atoms with E-state index in [0.29, 0.717) is 5.69 Å². The number of hydrogen-bond acceptors (Lipinski definition) is 5. The van der Waals surface area contributed by atoms with Gasteiger partial charge in [0.25, 0.3) is 12.1 Å². The maximum absolute atomic E-state index is 12.7. The number of rotatable bonds is 6. The molecule has 1 N–H and O–H groups in total. The number of nitrogens with zero attached hydrogens (tertiary/aromatic N) is 3. The molecule has 0 fully saturated rings. The molecule has 0 saturated heterocycles. The minimum absolute atomic E-state index is 0.0263. The van der Waals surface area contributed by atoms with E-state index in [4.69, 9.17) is 4.74 Å². The number of amides is 1. The molecule has 0 aliphatic carbocycles. The van der Waals surface area contributed by atoms with Crippen molar-refractivity contribution in [3.05, 3.63) is 45.8 Å². The summed E-state index contributed by atoms with van der Waals surface area (Å²) in [6.07, 6.45) is -2.75. The molecule has 0 saturated carbocycles. The van der Waals surface area contributed by atoms with Crippen LogP contribution in [-0.2, 0) is 4.79 Å². The fourth-order valence-corrected chi connectivity index (χ4v) is 2.25. The largest absolute Gasteiger partial charge is 0.496 e. The summed E-state index contributed by atoms with van der Waals surface area (Å²) >= 11 is 0. The summed E-state index contributed by atoms with van der Waals surface area (Å²) in [5.41, 5.74) is -0.429. The Hall–Kier alpha value is -3.04. The first-order valence-electron chi connectivity index (χ1n) is 7.22. The summed E-state index contributed by atoms with van der Waals surface area (Å²) in [6.45, 7) is 3.00. The Balaban J connectivity index is 2.26. The highest BCUT2D eigenvalue weighted by Gasteiger charge is 2.24. The molecule has 8 nitrogen and oxygen atoms in total. The van der Waals surface area contributed by atoms with Gasteiger partial charge in [0.2, 0.25) is 5.91 Å². The number of aryl methyl sites for hydroxylation is 1. The second kappa shape index (κ2) is 7.24. The number of nitro groups is 1. The third kappa shape index (κ3) is 3.90. The Morgan fingerprint density at radius 1 is 1.40 bits per heavy atom. The van der Waals surface area contributed by atoms with E-state index in [1.165, 1.54) is 38.3 Å². The van der Waals surface area contributed by atoms with Crippen LogP contribution >= 0.6 is 0 Å². The van der Waals surface area contributed by atoms with Crippen molar-refractivity contribution in [3.8, 4) is 5.75 Å². The highest BCUT2D eigenvalue weighted by atomic mass is 19.3. The van der Waals surface area contributed by atoms with E-state index in [0.717, 1.165) is 4.68 Å². The minimum Gasteiger partial charge on any atom is -0.496 e. The molecule has 0 aliphatic heterocycles. The van der Waals surface area contributed by atoms with Crippen molar-refractivity contribution in [2.45, 2.75) is 26.3 Å². The monoisotopic (exact) mass is 354 g/mol. The Labute approximate surface area is 141 Å². The molecule has 1 unspecified atom stereocenters. The lowest BCUT2D eigenvalue weighted by molar-refractivity contribution is -0.384. The number of halogens is 2. The number of methoxy groups -OCH3 is 1. The molecule has 0 spiro atoms. The lowest BCUT2D eigenvalue weighted by atomic mass is 10.2. The van der Waals surface area contributed by atoms with E-state index in [-0.39, 0.29) is 17.1 Å². The van der Waals surface area contributed by atoms with Crippen molar-refractivity contribution in [1.82, 2.24) is 9.78 Å². The molecule has 134 valence electrons. The summed E-state index contributed by atoms with van der Waals surface area (Å²) in [5, 5.41) is 17.3. The van der Waals surface area contributed by atoms with Gasteiger partial charge in [0, 0.05) is 5.69 Å². The standard InChI is InChI=1S/C15H16F2N4O4/c1-8-6-12(14(16)17)19-20(8)9(2)15(22)18-11-5-4-10(25-3)7-13(11)21(23)24/h4-7,9,14H,1-3H3,(H,18,22). The number of alkyl halides is 2. The van der Waals surface area contributed by atoms with Gasteiger partial charge in [0.1, 0.15) is 23.2 Å². The highest BCUT2D eigenvalue weighted by molar-refractivity contribution is 5.95. The Bertz CT molecular complexity index is 807. The average molecular weight is 354 g/mol. The summed E-state index contributed by atoms with van der Waals surface area (Å²) < 4.78 is 31.5. The molecule has 25 heavy (non-hydrogen) atoms. The molecule has 0 aliphatic rings. The zero-order valence-corrected chi connectivity index (χ0v) is 13.7. The van der Waals surface area contributed by atoms with Crippen molar-refractivity contribution in [3.63, 3.8) is 0 Å². The van der Waals surface area contributed by atoms with Crippen LogP contribution in [-0.4, -0.2) is 27.7 Å². The molecule has 0 radical (unpaired) electrons. The molecule has 1 aromatic heterocycles. The van der Waals surface area contributed by atoms with E-state index >= 15 is 0 Å². The van der Waals surface area contributed by atoms with Crippen LogP contribution in [0.15, 0.2) is 24.3 Å². The van der Waals surface area contributed by atoms with E-state index in [9.17, 15) is 23.7 Å². The third-order valence-electron chi connectivity index (χ3n) is 3.57. The molecule has 10 heteroatoms. The third-order valence-corrected chi connectivity index (χ3v) is 3.57. The number of nitro benzene ring substituents is 1. The number of ether oxygens (including phenoxy) is 1. The smallest absolute Gasteiger partial charge is 0.296 e. The summed E-state index contributed by atoms with van der Waals surface area (Å²) in [6, 6.07) is 4.22. The Kier molecular flexibility index (Phi) is 5.30. The van der Waals surface area contributed by atoms with Gasteiger partial charge in [-0.3, -0.25) is 19.6 Å². The second-order valence-corrected chi connectivity index (χ2v) is 5.26. The number of anilines is 1. The van der Waals surface area contributed by atoms with Crippen molar-refractivity contribution >= 4 is 17.3 Å². The topological polar surface area (TPSA) is 99.3 Å². The van der Waals surface area contributed by atoms with E-state index in [2.05, 4.69) is 10.4 Å². The van der Waals surface area contributed by atoms with Gasteiger partial charge < -0.3 is 10.1 Å². The van der Waals surface area contributed by atoms with Gasteiger partial charge in [-0.2, -0.15) is 5.10 Å². The maximum atomic E-state index is 12.7. The zero-order chi connectivity index (χ0) is 18.7. The van der Waals surface area contributed by atoms with Crippen LogP contribution < -0.4 is 10.1 Å². The van der Waals surface area contributed by atoms with Gasteiger partial charge in [-0.1, -0.05) is 0 Å². The predicted molar refractivity (Wildman–Crippen MR) is 84.9 cm³/mol. The first-order valence-corrected chi connectivity index (χ1v) is 7.22. The van der Waals surface area contributed by atoms with Gasteiger partial charge in [-0.15, -0.1) is 0 Å². The van der Waals surface area contributed by atoms with Crippen molar-refractivity contribution in [2.24, 2.45) is 0 Å². The molecule has 0 bridgehead atoms.